The highest BCUT2D eigenvalue weighted by Crippen LogP contribution is 2.16. The van der Waals surface area contributed by atoms with Crippen LogP contribution in [-0.4, -0.2) is 36.4 Å². The number of carbonyl (C=O) groups excluding carboxylic acids is 1. The van der Waals surface area contributed by atoms with Gasteiger partial charge in [-0.1, -0.05) is 12.1 Å². The summed E-state index contributed by atoms with van der Waals surface area (Å²) in [5, 5.41) is 12.0. The molecule has 1 amide bonds. The second-order valence-electron chi connectivity index (χ2n) is 4.38. The van der Waals surface area contributed by atoms with Gasteiger partial charge in [0.05, 0.1) is 6.10 Å². The molecule has 0 saturated carbocycles. The van der Waals surface area contributed by atoms with Gasteiger partial charge in [-0.25, -0.2) is 4.39 Å². The maximum Gasteiger partial charge on any atom is 0.411 e. The van der Waals surface area contributed by atoms with Crippen LogP contribution in [0.2, 0.25) is 0 Å². The first-order valence-electron chi connectivity index (χ1n) is 6.08. The standard InChI is InChI=1S/C13H15F4NO3/c1-8(21-7-13(15,16)17)12(20)18-6-11(19)9-2-4-10(14)5-3-9/h2-5,8,11,19H,6-7H2,1H3,(H,18,20). The van der Waals surface area contributed by atoms with Gasteiger partial charge in [-0.2, -0.15) is 13.2 Å². The Morgan fingerprint density at radius 3 is 2.43 bits per heavy atom. The maximum atomic E-state index is 12.7. The lowest BCUT2D eigenvalue weighted by atomic mass is 10.1. The number of ether oxygens (including phenoxy) is 1. The minimum atomic E-state index is -4.51. The van der Waals surface area contributed by atoms with E-state index in [2.05, 4.69) is 10.1 Å². The molecule has 0 aliphatic heterocycles. The van der Waals surface area contributed by atoms with Gasteiger partial charge in [0.1, 0.15) is 18.5 Å². The predicted molar refractivity (Wildman–Crippen MR) is 65.8 cm³/mol. The lowest BCUT2D eigenvalue weighted by molar-refractivity contribution is -0.185. The summed E-state index contributed by atoms with van der Waals surface area (Å²) in [7, 11) is 0. The number of halogens is 4. The molecule has 1 rings (SSSR count). The molecule has 1 aromatic rings. The zero-order valence-electron chi connectivity index (χ0n) is 11.2. The fourth-order valence-electron chi connectivity index (χ4n) is 1.44. The molecular formula is C13H15F4NO3. The van der Waals surface area contributed by atoms with E-state index < -0.39 is 36.7 Å². The fraction of sp³-hybridized carbons (Fsp3) is 0.462. The third kappa shape index (κ3) is 6.54. The average Bonchev–Trinajstić information content (AvgIpc) is 2.41. The molecule has 0 aliphatic carbocycles. The summed E-state index contributed by atoms with van der Waals surface area (Å²) in [6.45, 7) is -0.572. The van der Waals surface area contributed by atoms with Crippen LogP contribution in [0, 0.1) is 5.82 Å². The lowest BCUT2D eigenvalue weighted by Crippen LogP contribution is -2.38. The Kier molecular flexibility index (Phi) is 6.10. The molecule has 21 heavy (non-hydrogen) atoms. The summed E-state index contributed by atoms with van der Waals surface area (Å²) in [5.74, 6) is -1.25. The Balaban J connectivity index is 2.39. The van der Waals surface area contributed by atoms with Crippen molar-refractivity contribution in [2.75, 3.05) is 13.2 Å². The van der Waals surface area contributed by atoms with Crippen LogP contribution >= 0.6 is 0 Å². The number of aliphatic hydroxyl groups is 1. The van der Waals surface area contributed by atoms with Gasteiger partial charge in [-0.05, 0) is 24.6 Å². The summed E-state index contributed by atoms with van der Waals surface area (Å²) in [5.41, 5.74) is 0.376. The average molecular weight is 309 g/mol. The van der Waals surface area contributed by atoms with Gasteiger partial charge >= 0.3 is 6.18 Å². The third-order valence-electron chi connectivity index (χ3n) is 2.59. The monoisotopic (exact) mass is 309 g/mol. The van der Waals surface area contributed by atoms with Crippen LogP contribution in [0.25, 0.3) is 0 Å². The Bertz CT molecular complexity index is 461. The Hall–Kier alpha value is -1.67. The van der Waals surface area contributed by atoms with E-state index in [4.69, 9.17) is 0 Å². The Morgan fingerprint density at radius 1 is 1.33 bits per heavy atom. The summed E-state index contributed by atoms with van der Waals surface area (Å²) in [6, 6.07) is 4.98. The number of hydrogen-bond donors (Lipinski definition) is 2. The number of hydrogen-bond acceptors (Lipinski definition) is 3. The molecule has 4 nitrogen and oxygen atoms in total. The van der Waals surface area contributed by atoms with Crippen molar-refractivity contribution < 1.29 is 32.2 Å². The summed E-state index contributed by atoms with van der Waals surface area (Å²) < 4.78 is 52.8. The van der Waals surface area contributed by atoms with Gasteiger partial charge in [0.2, 0.25) is 5.91 Å². The zero-order valence-corrected chi connectivity index (χ0v) is 11.2. The van der Waals surface area contributed by atoms with Crippen LogP contribution in [0.5, 0.6) is 0 Å². The van der Waals surface area contributed by atoms with Crippen molar-refractivity contribution in [3.8, 4) is 0 Å². The number of benzene rings is 1. The van der Waals surface area contributed by atoms with E-state index in [1.54, 1.807) is 0 Å². The Morgan fingerprint density at radius 2 is 1.90 bits per heavy atom. The first-order chi connectivity index (χ1) is 9.69. The molecule has 2 N–H and O–H groups in total. The molecular weight excluding hydrogens is 294 g/mol. The number of amides is 1. The van der Waals surface area contributed by atoms with E-state index in [0.717, 1.165) is 12.1 Å². The van der Waals surface area contributed by atoms with E-state index in [-0.39, 0.29) is 6.54 Å². The second kappa shape index (κ2) is 7.37. The number of carbonyl (C=O) groups is 1. The van der Waals surface area contributed by atoms with Crippen LogP contribution in [0.15, 0.2) is 24.3 Å². The van der Waals surface area contributed by atoms with E-state index in [9.17, 15) is 27.5 Å². The van der Waals surface area contributed by atoms with E-state index >= 15 is 0 Å². The van der Waals surface area contributed by atoms with Crippen molar-refractivity contribution in [3.63, 3.8) is 0 Å². The van der Waals surface area contributed by atoms with Gasteiger partial charge in [0, 0.05) is 6.54 Å². The topological polar surface area (TPSA) is 58.6 Å². The third-order valence-corrected chi connectivity index (χ3v) is 2.59. The SMILES string of the molecule is CC(OCC(F)(F)F)C(=O)NCC(O)c1ccc(F)cc1. The highest BCUT2D eigenvalue weighted by Gasteiger charge is 2.29. The molecule has 0 fully saturated rings. The normalized spacial score (nSPS) is 14.6. The fourth-order valence-corrected chi connectivity index (χ4v) is 1.44. The van der Waals surface area contributed by atoms with E-state index in [0.29, 0.717) is 5.56 Å². The molecule has 0 spiro atoms. The summed E-state index contributed by atoms with van der Waals surface area (Å²) in [4.78, 5) is 11.5. The molecule has 8 heteroatoms. The highest BCUT2D eigenvalue weighted by molar-refractivity contribution is 5.80. The molecule has 0 bridgehead atoms. The van der Waals surface area contributed by atoms with E-state index in [1.807, 2.05) is 0 Å². The van der Waals surface area contributed by atoms with Gasteiger partial charge in [-0.15, -0.1) is 0 Å². The minimum absolute atomic E-state index is 0.218. The van der Waals surface area contributed by atoms with Crippen molar-refractivity contribution in [1.82, 2.24) is 5.32 Å². The Labute approximate surface area is 118 Å². The molecule has 2 unspecified atom stereocenters. The van der Waals surface area contributed by atoms with Gasteiger partial charge in [0.15, 0.2) is 0 Å². The van der Waals surface area contributed by atoms with Crippen LogP contribution < -0.4 is 5.32 Å². The summed E-state index contributed by atoms with van der Waals surface area (Å²) >= 11 is 0. The molecule has 2 atom stereocenters. The lowest BCUT2D eigenvalue weighted by Gasteiger charge is -2.16. The smallest absolute Gasteiger partial charge is 0.387 e. The molecule has 0 aromatic heterocycles. The zero-order chi connectivity index (χ0) is 16.0. The number of aliphatic hydroxyl groups excluding tert-OH is 1. The van der Waals surface area contributed by atoms with Crippen molar-refractivity contribution in [1.29, 1.82) is 0 Å². The van der Waals surface area contributed by atoms with Crippen molar-refractivity contribution in [3.05, 3.63) is 35.6 Å². The largest absolute Gasteiger partial charge is 0.411 e. The predicted octanol–water partition coefficient (Wildman–Crippen LogP) is 1.94. The van der Waals surface area contributed by atoms with Gasteiger partial charge in [-0.3, -0.25) is 4.79 Å². The highest BCUT2D eigenvalue weighted by atomic mass is 19.4. The first-order valence-corrected chi connectivity index (χ1v) is 6.08. The number of rotatable bonds is 6. The molecule has 118 valence electrons. The number of nitrogens with one attached hydrogen (secondary N) is 1. The molecule has 0 aliphatic rings. The van der Waals surface area contributed by atoms with Crippen molar-refractivity contribution >= 4 is 5.91 Å². The van der Waals surface area contributed by atoms with E-state index in [1.165, 1.54) is 19.1 Å². The van der Waals surface area contributed by atoms with Crippen LogP contribution in [0.4, 0.5) is 17.6 Å². The van der Waals surface area contributed by atoms with Crippen LogP contribution in [0.3, 0.4) is 0 Å². The molecule has 0 radical (unpaired) electrons. The molecule has 1 aromatic carbocycles. The van der Waals surface area contributed by atoms with Crippen LogP contribution in [0.1, 0.15) is 18.6 Å². The second-order valence-corrected chi connectivity index (χ2v) is 4.38. The number of alkyl halides is 3. The first kappa shape index (κ1) is 17.4. The van der Waals surface area contributed by atoms with Gasteiger partial charge in [0.25, 0.3) is 0 Å². The molecule has 0 saturated heterocycles. The maximum absolute atomic E-state index is 12.7. The van der Waals surface area contributed by atoms with Crippen molar-refractivity contribution in [2.45, 2.75) is 25.3 Å². The quantitative estimate of drug-likeness (QED) is 0.790. The minimum Gasteiger partial charge on any atom is -0.387 e. The van der Waals surface area contributed by atoms with Crippen molar-refractivity contribution in [2.24, 2.45) is 0 Å². The summed E-state index contributed by atoms with van der Waals surface area (Å²) in [6.07, 6.45) is -6.90. The van der Waals surface area contributed by atoms with Crippen LogP contribution in [-0.2, 0) is 9.53 Å². The van der Waals surface area contributed by atoms with Gasteiger partial charge < -0.3 is 15.2 Å². The molecule has 0 heterocycles.